The van der Waals surface area contributed by atoms with E-state index in [9.17, 15) is 9.59 Å². The van der Waals surface area contributed by atoms with Crippen LogP contribution >= 0.6 is 11.6 Å². The third-order valence-corrected chi connectivity index (χ3v) is 5.15. The van der Waals surface area contributed by atoms with Gasteiger partial charge in [-0.3, -0.25) is 9.59 Å². The van der Waals surface area contributed by atoms with E-state index in [1.165, 1.54) is 0 Å². The van der Waals surface area contributed by atoms with Gasteiger partial charge in [0.1, 0.15) is 11.7 Å². The first-order valence-corrected chi connectivity index (χ1v) is 8.83. The minimum Gasteiger partial charge on any atom is -0.298 e. The first-order valence-electron chi connectivity index (χ1n) is 8.45. The molecule has 0 radical (unpaired) electrons. The smallest absolute Gasteiger partial charge is 0.159 e. The van der Waals surface area contributed by atoms with Crippen LogP contribution in [0.2, 0.25) is 5.02 Å². The Kier molecular flexibility index (Phi) is 4.74. The van der Waals surface area contributed by atoms with E-state index in [4.69, 9.17) is 11.6 Å². The molecule has 0 spiro atoms. The zero-order valence-electron chi connectivity index (χ0n) is 14.8. The van der Waals surface area contributed by atoms with Gasteiger partial charge in [-0.25, -0.2) is 9.97 Å². The van der Waals surface area contributed by atoms with E-state index in [-0.39, 0.29) is 23.4 Å². The number of carbonyl (C=O) groups excluding carboxylic acids is 2. The monoisotopic (exact) mass is 356 g/mol. The van der Waals surface area contributed by atoms with E-state index in [0.29, 0.717) is 17.3 Å². The Morgan fingerprint density at radius 2 is 1.64 bits per heavy atom. The van der Waals surface area contributed by atoms with Gasteiger partial charge in [0.2, 0.25) is 0 Å². The second kappa shape index (κ2) is 6.68. The van der Waals surface area contributed by atoms with Crippen LogP contribution < -0.4 is 0 Å². The van der Waals surface area contributed by atoms with Crippen LogP contribution in [0.3, 0.4) is 0 Å². The average molecular weight is 357 g/mol. The minimum atomic E-state index is -0.632. The molecule has 0 amide bonds. The molecular weight excluding hydrogens is 336 g/mol. The molecule has 25 heavy (non-hydrogen) atoms. The fraction of sp³-hybridized carbons (Fsp3) is 0.400. The number of halogens is 1. The third-order valence-electron chi connectivity index (χ3n) is 4.96. The van der Waals surface area contributed by atoms with Gasteiger partial charge in [0.05, 0.1) is 5.02 Å². The lowest BCUT2D eigenvalue weighted by Crippen LogP contribution is -2.20. The zero-order valence-corrected chi connectivity index (χ0v) is 15.6. The van der Waals surface area contributed by atoms with Gasteiger partial charge in [0, 0.05) is 30.3 Å². The molecule has 130 valence electrons. The maximum atomic E-state index is 12.8. The Balaban J connectivity index is 2.03. The highest BCUT2D eigenvalue weighted by Crippen LogP contribution is 2.39. The molecule has 1 aromatic heterocycles. The summed E-state index contributed by atoms with van der Waals surface area (Å²) in [7, 11) is 0. The topological polar surface area (TPSA) is 59.9 Å². The van der Waals surface area contributed by atoms with Gasteiger partial charge >= 0.3 is 0 Å². The lowest BCUT2D eigenvalue weighted by atomic mass is 9.85. The van der Waals surface area contributed by atoms with E-state index in [2.05, 4.69) is 9.97 Å². The highest BCUT2D eigenvalue weighted by Gasteiger charge is 2.44. The SMILES string of the molecule is Cc1cc(-c2ncc(Cl)cn2)cc(C)c1C1C(=O)CC(C(C)C)C1=O. The second-order valence-corrected chi connectivity index (χ2v) is 7.54. The molecule has 2 unspecified atom stereocenters. The van der Waals surface area contributed by atoms with Crippen LogP contribution in [-0.4, -0.2) is 21.5 Å². The highest BCUT2D eigenvalue weighted by atomic mass is 35.5. The van der Waals surface area contributed by atoms with Crippen molar-refractivity contribution in [2.45, 2.75) is 40.0 Å². The number of aromatic nitrogens is 2. The third kappa shape index (κ3) is 3.23. The van der Waals surface area contributed by atoms with Crippen molar-refractivity contribution in [1.82, 2.24) is 9.97 Å². The molecule has 4 nitrogen and oxygen atoms in total. The molecule has 5 heteroatoms. The van der Waals surface area contributed by atoms with Crippen molar-refractivity contribution in [1.29, 1.82) is 0 Å². The molecule has 0 aliphatic heterocycles. The van der Waals surface area contributed by atoms with Gasteiger partial charge in [-0.05, 0) is 48.6 Å². The van der Waals surface area contributed by atoms with Crippen molar-refractivity contribution in [3.05, 3.63) is 46.2 Å². The van der Waals surface area contributed by atoms with Crippen molar-refractivity contribution >= 4 is 23.2 Å². The van der Waals surface area contributed by atoms with Crippen LogP contribution in [0.4, 0.5) is 0 Å². The summed E-state index contributed by atoms with van der Waals surface area (Å²) >= 11 is 5.84. The molecule has 1 aliphatic rings. The largest absolute Gasteiger partial charge is 0.298 e. The Morgan fingerprint density at radius 3 is 2.12 bits per heavy atom. The number of hydrogen-bond donors (Lipinski definition) is 0. The normalized spacial score (nSPS) is 20.6. The molecule has 1 aliphatic carbocycles. The van der Waals surface area contributed by atoms with E-state index >= 15 is 0 Å². The number of aryl methyl sites for hydroxylation is 2. The van der Waals surface area contributed by atoms with Gasteiger partial charge < -0.3 is 0 Å². The lowest BCUT2D eigenvalue weighted by molar-refractivity contribution is -0.125. The van der Waals surface area contributed by atoms with E-state index < -0.39 is 5.92 Å². The van der Waals surface area contributed by atoms with Gasteiger partial charge in [-0.15, -0.1) is 0 Å². The van der Waals surface area contributed by atoms with E-state index in [0.717, 1.165) is 22.3 Å². The van der Waals surface area contributed by atoms with Crippen LogP contribution in [-0.2, 0) is 9.59 Å². The van der Waals surface area contributed by atoms with Gasteiger partial charge in [-0.1, -0.05) is 25.4 Å². The van der Waals surface area contributed by atoms with Crippen LogP contribution in [0.1, 0.15) is 42.9 Å². The summed E-state index contributed by atoms with van der Waals surface area (Å²) < 4.78 is 0. The first kappa shape index (κ1) is 17.7. The van der Waals surface area contributed by atoms with E-state index in [1.54, 1.807) is 12.4 Å². The van der Waals surface area contributed by atoms with Gasteiger partial charge in [0.15, 0.2) is 11.6 Å². The molecule has 0 bridgehead atoms. The number of hydrogen-bond acceptors (Lipinski definition) is 4. The molecule has 1 saturated carbocycles. The van der Waals surface area contributed by atoms with Crippen molar-refractivity contribution in [3.63, 3.8) is 0 Å². The molecule has 0 saturated heterocycles. The average Bonchev–Trinajstić information content (AvgIpc) is 2.83. The van der Waals surface area contributed by atoms with Crippen LogP contribution in [0.5, 0.6) is 0 Å². The molecule has 2 aromatic rings. The standard InChI is InChI=1S/C20H21ClN2O2/c1-10(2)15-7-16(24)18(19(15)25)17-11(3)5-13(6-12(17)4)20-22-8-14(21)9-23-20/h5-6,8-10,15,18H,7H2,1-4H3. The maximum Gasteiger partial charge on any atom is 0.159 e. The quantitative estimate of drug-likeness (QED) is 0.769. The maximum absolute atomic E-state index is 12.8. The Hall–Kier alpha value is -2.07. The number of nitrogens with zero attached hydrogens (tertiary/aromatic N) is 2. The molecule has 1 heterocycles. The summed E-state index contributed by atoms with van der Waals surface area (Å²) in [5.74, 6) is 0.0466. The summed E-state index contributed by atoms with van der Waals surface area (Å²) in [6, 6.07) is 3.88. The number of rotatable bonds is 3. The molecule has 1 fully saturated rings. The van der Waals surface area contributed by atoms with Crippen molar-refractivity contribution in [2.75, 3.05) is 0 Å². The van der Waals surface area contributed by atoms with Gasteiger partial charge in [-0.2, -0.15) is 0 Å². The van der Waals surface area contributed by atoms with E-state index in [1.807, 2.05) is 39.8 Å². The molecule has 0 N–H and O–H groups in total. The summed E-state index contributed by atoms with van der Waals surface area (Å²) in [6.07, 6.45) is 3.46. The fourth-order valence-corrected chi connectivity index (χ4v) is 3.79. The van der Waals surface area contributed by atoms with Crippen molar-refractivity contribution < 1.29 is 9.59 Å². The highest BCUT2D eigenvalue weighted by molar-refractivity contribution is 6.30. The van der Waals surface area contributed by atoms with Crippen LogP contribution in [0.25, 0.3) is 11.4 Å². The zero-order chi connectivity index (χ0) is 18.3. The Bertz CT molecular complexity index is 820. The number of Topliss-reactive ketones (excluding diaryl/α,β-unsaturated/α-hetero) is 2. The summed E-state index contributed by atoms with van der Waals surface area (Å²) in [5.41, 5.74) is 3.54. The summed E-state index contributed by atoms with van der Waals surface area (Å²) in [6.45, 7) is 7.87. The summed E-state index contributed by atoms with van der Waals surface area (Å²) in [5, 5.41) is 0.482. The fourth-order valence-electron chi connectivity index (χ4n) is 3.70. The minimum absolute atomic E-state index is 0.0328. The van der Waals surface area contributed by atoms with Crippen LogP contribution in [0, 0.1) is 25.7 Å². The summed E-state index contributed by atoms with van der Waals surface area (Å²) in [4.78, 5) is 33.8. The number of benzene rings is 1. The van der Waals surface area contributed by atoms with Gasteiger partial charge in [0.25, 0.3) is 0 Å². The van der Waals surface area contributed by atoms with Crippen molar-refractivity contribution in [3.8, 4) is 11.4 Å². The molecule has 2 atom stereocenters. The second-order valence-electron chi connectivity index (χ2n) is 7.10. The molecule has 3 rings (SSSR count). The predicted octanol–water partition coefficient (Wildman–Crippen LogP) is 4.31. The van der Waals surface area contributed by atoms with Crippen LogP contribution in [0.15, 0.2) is 24.5 Å². The predicted molar refractivity (Wildman–Crippen MR) is 97.7 cm³/mol. The number of carbonyl (C=O) groups is 2. The van der Waals surface area contributed by atoms with Crippen molar-refractivity contribution in [2.24, 2.45) is 11.8 Å². The Labute approximate surface area is 152 Å². The number of ketones is 2. The first-order chi connectivity index (χ1) is 11.8. The molecular formula is C20H21ClN2O2. The molecule has 1 aromatic carbocycles. The lowest BCUT2D eigenvalue weighted by Gasteiger charge is -2.18. The Morgan fingerprint density at radius 1 is 1.08 bits per heavy atom.